The SMILES string of the molecule is CCCCC(C)Cc1cccc(C(=O)Br)c1. The Bertz CT molecular complexity index is 346. The zero-order valence-corrected chi connectivity index (χ0v) is 11.6. The van der Waals surface area contributed by atoms with Gasteiger partial charge < -0.3 is 0 Å². The van der Waals surface area contributed by atoms with Crippen molar-refractivity contribution in [1.82, 2.24) is 0 Å². The predicted octanol–water partition coefficient (Wildman–Crippen LogP) is 4.59. The summed E-state index contributed by atoms with van der Waals surface area (Å²) in [4.78, 5) is 11.2. The fraction of sp³-hybridized carbons (Fsp3) is 0.500. The van der Waals surface area contributed by atoms with Gasteiger partial charge in [0.1, 0.15) is 0 Å². The van der Waals surface area contributed by atoms with Gasteiger partial charge in [-0.05, 0) is 39.9 Å². The number of carbonyl (C=O) groups is 1. The first kappa shape index (κ1) is 13.4. The number of benzene rings is 1. The summed E-state index contributed by atoms with van der Waals surface area (Å²) in [7, 11) is 0. The molecule has 88 valence electrons. The largest absolute Gasteiger partial charge is 0.281 e. The molecule has 0 fully saturated rings. The normalized spacial score (nSPS) is 12.4. The molecule has 0 saturated heterocycles. The number of carbonyl (C=O) groups excluding carboxylic acids is 1. The first-order chi connectivity index (χ1) is 7.63. The van der Waals surface area contributed by atoms with Crippen molar-refractivity contribution in [3.63, 3.8) is 0 Å². The zero-order chi connectivity index (χ0) is 12.0. The monoisotopic (exact) mass is 282 g/mol. The molecule has 0 aromatic heterocycles. The lowest BCUT2D eigenvalue weighted by atomic mass is 9.95. The summed E-state index contributed by atoms with van der Waals surface area (Å²) in [6, 6.07) is 7.88. The van der Waals surface area contributed by atoms with Crippen LogP contribution in [0.15, 0.2) is 24.3 Å². The molecule has 0 radical (unpaired) electrons. The predicted molar refractivity (Wildman–Crippen MR) is 72.1 cm³/mol. The van der Waals surface area contributed by atoms with Crippen molar-refractivity contribution in [2.45, 2.75) is 39.5 Å². The molecule has 1 aromatic carbocycles. The smallest absolute Gasteiger partial charge is 0.228 e. The molecule has 0 saturated carbocycles. The van der Waals surface area contributed by atoms with Crippen molar-refractivity contribution < 1.29 is 4.79 Å². The van der Waals surface area contributed by atoms with Gasteiger partial charge in [-0.3, -0.25) is 4.79 Å². The molecule has 0 bridgehead atoms. The summed E-state index contributed by atoms with van der Waals surface area (Å²) < 4.78 is -0.0319. The van der Waals surface area contributed by atoms with Crippen LogP contribution in [0.1, 0.15) is 49.0 Å². The average Bonchev–Trinajstić information content (AvgIpc) is 2.26. The standard InChI is InChI=1S/C14H19BrO/c1-3-4-6-11(2)9-12-7-5-8-13(10-12)14(15)16/h5,7-8,10-11H,3-4,6,9H2,1-2H3. The van der Waals surface area contributed by atoms with E-state index >= 15 is 0 Å². The second-order valence-electron chi connectivity index (χ2n) is 4.43. The van der Waals surface area contributed by atoms with Gasteiger partial charge in [0.25, 0.3) is 0 Å². The highest BCUT2D eigenvalue weighted by molar-refractivity contribution is 9.18. The topological polar surface area (TPSA) is 17.1 Å². The number of rotatable bonds is 6. The number of halogens is 1. The van der Waals surface area contributed by atoms with Crippen LogP contribution < -0.4 is 0 Å². The average molecular weight is 283 g/mol. The van der Waals surface area contributed by atoms with E-state index in [4.69, 9.17) is 0 Å². The van der Waals surface area contributed by atoms with E-state index in [0.29, 0.717) is 5.92 Å². The molecule has 0 aliphatic heterocycles. The van der Waals surface area contributed by atoms with E-state index in [0.717, 1.165) is 12.0 Å². The third-order valence-corrected chi connectivity index (χ3v) is 3.25. The van der Waals surface area contributed by atoms with E-state index in [1.807, 2.05) is 18.2 Å². The van der Waals surface area contributed by atoms with Crippen molar-refractivity contribution in [2.24, 2.45) is 5.92 Å². The van der Waals surface area contributed by atoms with Crippen LogP contribution in [0.3, 0.4) is 0 Å². The number of hydrogen-bond donors (Lipinski definition) is 0. The lowest BCUT2D eigenvalue weighted by Gasteiger charge is -2.11. The third kappa shape index (κ3) is 4.48. The van der Waals surface area contributed by atoms with E-state index in [9.17, 15) is 4.79 Å². The number of unbranched alkanes of at least 4 members (excludes halogenated alkanes) is 1. The molecule has 1 nitrogen and oxygen atoms in total. The Labute approximate surface area is 106 Å². The molecular weight excluding hydrogens is 264 g/mol. The minimum absolute atomic E-state index is 0.0319. The van der Waals surface area contributed by atoms with Crippen LogP contribution >= 0.6 is 15.9 Å². The fourth-order valence-corrected chi connectivity index (χ4v) is 2.12. The first-order valence-corrected chi connectivity index (χ1v) is 6.71. The van der Waals surface area contributed by atoms with Gasteiger partial charge in [-0.25, -0.2) is 0 Å². The molecule has 0 amide bonds. The van der Waals surface area contributed by atoms with E-state index < -0.39 is 0 Å². The van der Waals surface area contributed by atoms with Crippen LogP contribution in [-0.2, 0) is 6.42 Å². The van der Waals surface area contributed by atoms with Crippen LogP contribution in [0.2, 0.25) is 0 Å². The summed E-state index contributed by atoms with van der Waals surface area (Å²) in [5.74, 6) is 0.695. The lowest BCUT2D eigenvalue weighted by Crippen LogP contribution is -2.00. The second-order valence-corrected chi connectivity index (χ2v) is 5.15. The minimum atomic E-state index is -0.0319. The summed E-state index contributed by atoms with van der Waals surface area (Å²) >= 11 is 2.99. The minimum Gasteiger partial charge on any atom is -0.281 e. The molecule has 1 rings (SSSR count). The highest BCUT2D eigenvalue weighted by Gasteiger charge is 2.06. The van der Waals surface area contributed by atoms with Gasteiger partial charge in [0.05, 0.1) is 0 Å². The zero-order valence-electron chi connectivity index (χ0n) is 10.0. The Morgan fingerprint density at radius 1 is 1.44 bits per heavy atom. The van der Waals surface area contributed by atoms with E-state index in [2.05, 4.69) is 35.8 Å². The highest BCUT2D eigenvalue weighted by atomic mass is 79.9. The Morgan fingerprint density at radius 2 is 2.19 bits per heavy atom. The van der Waals surface area contributed by atoms with Crippen LogP contribution in [0.4, 0.5) is 0 Å². The fourth-order valence-electron chi connectivity index (χ4n) is 1.88. The third-order valence-electron chi connectivity index (χ3n) is 2.79. The maximum atomic E-state index is 11.2. The Kier molecular flexibility index (Phi) is 5.75. The van der Waals surface area contributed by atoms with Crippen molar-refractivity contribution in [2.75, 3.05) is 0 Å². The lowest BCUT2D eigenvalue weighted by molar-refractivity contribution is 0.109. The molecular formula is C14H19BrO. The van der Waals surface area contributed by atoms with Gasteiger partial charge in [0.15, 0.2) is 0 Å². The van der Waals surface area contributed by atoms with Gasteiger partial charge in [-0.2, -0.15) is 0 Å². The first-order valence-electron chi connectivity index (χ1n) is 5.92. The van der Waals surface area contributed by atoms with Crippen molar-refractivity contribution >= 4 is 20.6 Å². The molecule has 2 heteroatoms. The van der Waals surface area contributed by atoms with Gasteiger partial charge in [0, 0.05) is 5.56 Å². The van der Waals surface area contributed by atoms with Crippen LogP contribution in [0.5, 0.6) is 0 Å². The molecule has 0 heterocycles. The number of hydrogen-bond acceptors (Lipinski definition) is 1. The van der Waals surface area contributed by atoms with Gasteiger partial charge in [-0.1, -0.05) is 51.3 Å². The summed E-state index contributed by atoms with van der Waals surface area (Å²) in [5.41, 5.74) is 2.01. The van der Waals surface area contributed by atoms with Crippen molar-refractivity contribution in [1.29, 1.82) is 0 Å². The maximum Gasteiger partial charge on any atom is 0.228 e. The quantitative estimate of drug-likeness (QED) is 0.698. The maximum absolute atomic E-state index is 11.2. The van der Waals surface area contributed by atoms with Gasteiger partial charge in [0.2, 0.25) is 4.69 Å². The van der Waals surface area contributed by atoms with Crippen molar-refractivity contribution in [3.05, 3.63) is 35.4 Å². The van der Waals surface area contributed by atoms with Crippen LogP contribution in [0, 0.1) is 5.92 Å². The van der Waals surface area contributed by atoms with Crippen molar-refractivity contribution in [3.8, 4) is 0 Å². The Morgan fingerprint density at radius 3 is 2.81 bits per heavy atom. The van der Waals surface area contributed by atoms with Crippen LogP contribution in [-0.4, -0.2) is 4.69 Å². The second kappa shape index (κ2) is 6.85. The molecule has 1 aromatic rings. The van der Waals surface area contributed by atoms with E-state index in [1.165, 1.54) is 24.8 Å². The van der Waals surface area contributed by atoms with E-state index in [1.54, 1.807) is 0 Å². The molecule has 1 unspecified atom stereocenters. The highest BCUT2D eigenvalue weighted by Crippen LogP contribution is 2.16. The molecule has 0 N–H and O–H groups in total. The Hall–Kier alpha value is -0.630. The Balaban J connectivity index is 2.59. The summed E-state index contributed by atoms with van der Waals surface area (Å²) in [6.45, 7) is 4.50. The summed E-state index contributed by atoms with van der Waals surface area (Å²) in [5, 5.41) is 0. The summed E-state index contributed by atoms with van der Waals surface area (Å²) in [6.07, 6.45) is 4.87. The molecule has 0 spiro atoms. The molecule has 0 aliphatic carbocycles. The molecule has 16 heavy (non-hydrogen) atoms. The molecule has 0 aliphatic rings. The van der Waals surface area contributed by atoms with Gasteiger partial charge in [-0.15, -0.1) is 0 Å². The van der Waals surface area contributed by atoms with Gasteiger partial charge >= 0.3 is 0 Å². The molecule has 1 atom stereocenters. The van der Waals surface area contributed by atoms with E-state index in [-0.39, 0.29) is 4.69 Å². The van der Waals surface area contributed by atoms with Crippen LogP contribution in [0.25, 0.3) is 0 Å².